The van der Waals surface area contributed by atoms with Crippen molar-refractivity contribution in [1.29, 1.82) is 0 Å². The average molecular weight is 286 g/mol. The molecule has 21 heavy (non-hydrogen) atoms. The lowest BCUT2D eigenvalue weighted by Gasteiger charge is -2.01. The van der Waals surface area contributed by atoms with Gasteiger partial charge in [-0.3, -0.25) is 4.40 Å². The Morgan fingerprint density at radius 2 is 1.95 bits per heavy atom. The SMILES string of the molecule is Cc1ccc(-c2nc(C(=O)O)c3c(C(=O)O)cccn23)o1. The quantitative estimate of drug-likeness (QED) is 0.765. The number of fused-ring (bicyclic) bond motifs is 1. The van der Waals surface area contributed by atoms with Crippen LogP contribution in [0.15, 0.2) is 34.9 Å². The summed E-state index contributed by atoms with van der Waals surface area (Å²) in [6.07, 6.45) is 1.55. The van der Waals surface area contributed by atoms with E-state index < -0.39 is 11.9 Å². The van der Waals surface area contributed by atoms with Crippen LogP contribution in [-0.4, -0.2) is 31.5 Å². The van der Waals surface area contributed by atoms with Gasteiger partial charge in [0.25, 0.3) is 0 Å². The van der Waals surface area contributed by atoms with Crippen LogP contribution < -0.4 is 0 Å². The molecule has 0 spiro atoms. The van der Waals surface area contributed by atoms with Gasteiger partial charge in [-0.1, -0.05) is 0 Å². The first kappa shape index (κ1) is 12.9. The van der Waals surface area contributed by atoms with Crippen LogP contribution in [0.4, 0.5) is 0 Å². The van der Waals surface area contributed by atoms with E-state index in [1.807, 2.05) is 0 Å². The summed E-state index contributed by atoms with van der Waals surface area (Å²) in [6, 6.07) is 6.23. The molecule has 0 amide bonds. The summed E-state index contributed by atoms with van der Waals surface area (Å²) in [6.45, 7) is 1.75. The van der Waals surface area contributed by atoms with Gasteiger partial charge in [0.2, 0.25) is 0 Å². The summed E-state index contributed by atoms with van der Waals surface area (Å²) in [5, 5.41) is 18.5. The summed E-state index contributed by atoms with van der Waals surface area (Å²) in [5.74, 6) is -1.25. The van der Waals surface area contributed by atoms with Gasteiger partial charge in [0.05, 0.1) is 11.1 Å². The molecule has 3 aromatic heterocycles. The fraction of sp³-hybridized carbons (Fsp3) is 0.0714. The molecule has 0 aliphatic carbocycles. The Balaban J connectivity index is 2.41. The highest BCUT2D eigenvalue weighted by molar-refractivity contribution is 6.04. The number of aromatic nitrogens is 2. The molecule has 0 saturated heterocycles. The number of nitrogens with zero attached hydrogens (tertiary/aromatic N) is 2. The average Bonchev–Trinajstić information content (AvgIpc) is 3.01. The molecule has 0 atom stereocenters. The first-order chi connectivity index (χ1) is 9.99. The maximum atomic E-state index is 11.3. The minimum Gasteiger partial charge on any atom is -0.478 e. The van der Waals surface area contributed by atoms with E-state index in [-0.39, 0.29) is 22.6 Å². The van der Waals surface area contributed by atoms with Gasteiger partial charge >= 0.3 is 11.9 Å². The van der Waals surface area contributed by atoms with Crippen molar-refractivity contribution >= 4 is 17.5 Å². The molecule has 0 saturated carbocycles. The van der Waals surface area contributed by atoms with E-state index in [9.17, 15) is 19.8 Å². The molecule has 0 aliphatic rings. The Morgan fingerprint density at radius 3 is 2.52 bits per heavy atom. The van der Waals surface area contributed by atoms with Gasteiger partial charge in [-0.2, -0.15) is 0 Å². The van der Waals surface area contributed by atoms with Crippen molar-refractivity contribution in [2.45, 2.75) is 6.92 Å². The smallest absolute Gasteiger partial charge is 0.356 e. The number of furan rings is 1. The predicted molar refractivity (Wildman–Crippen MR) is 71.5 cm³/mol. The number of aryl methyl sites for hydroxylation is 1. The van der Waals surface area contributed by atoms with Crippen LogP contribution in [0.5, 0.6) is 0 Å². The van der Waals surface area contributed by atoms with E-state index in [0.29, 0.717) is 11.5 Å². The van der Waals surface area contributed by atoms with Gasteiger partial charge in [0.1, 0.15) is 5.76 Å². The zero-order valence-electron chi connectivity index (χ0n) is 10.9. The van der Waals surface area contributed by atoms with Crippen molar-refractivity contribution in [2.24, 2.45) is 0 Å². The van der Waals surface area contributed by atoms with Crippen molar-refractivity contribution in [2.75, 3.05) is 0 Å². The van der Waals surface area contributed by atoms with Crippen LogP contribution in [0.3, 0.4) is 0 Å². The van der Waals surface area contributed by atoms with E-state index in [1.165, 1.54) is 16.5 Å². The molecule has 0 aliphatic heterocycles. The summed E-state index contributed by atoms with van der Waals surface area (Å²) in [4.78, 5) is 26.6. The molecular weight excluding hydrogens is 276 g/mol. The molecule has 0 unspecified atom stereocenters. The van der Waals surface area contributed by atoms with Crippen molar-refractivity contribution in [3.8, 4) is 11.6 Å². The zero-order valence-corrected chi connectivity index (χ0v) is 10.9. The lowest BCUT2D eigenvalue weighted by Crippen LogP contribution is -2.04. The van der Waals surface area contributed by atoms with Crippen molar-refractivity contribution in [1.82, 2.24) is 9.38 Å². The van der Waals surface area contributed by atoms with Gasteiger partial charge in [0, 0.05) is 6.20 Å². The Bertz CT molecular complexity index is 875. The number of hydrogen-bond donors (Lipinski definition) is 2. The summed E-state index contributed by atoms with van der Waals surface area (Å²) < 4.78 is 6.86. The van der Waals surface area contributed by atoms with Crippen molar-refractivity contribution in [3.05, 3.63) is 47.5 Å². The Labute approximate surface area is 118 Å². The number of carboxylic acids is 2. The number of carbonyl (C=O) groups is 2. The molecule has 0 fully saturated rings. The predicted octanol–water partition coefficient (Wildman–Crippen LogP) is 2.30. The fourth-order valence-electron chi connectivity index (χ4n) is 2.19. The van der Waals surface area contributed by atoms with Gasteiger partial charge < -0.3 is 14.6 Å². The highest BCUT2D eigenvalue weighted by atomic mass is 16.4. The first-order valence-electron chi connectivity index (χ1n) is 6.03. The standard InChI is InChI=1S/C14H10N2O5/c1-7-4-5-9(21-7)12-15-10(14(19)20)11-8(13(17)18)3-2-6-16(11)12/h2-6H,1H3,(H,17,18)(H,19,20). The molecule has 3 aromatic rings. The fourth-order valence-corrected chi connectivity index (χ4v) is 2.19. The van der Waals surface area contributed by atoms with E-state index in [4.69, 9.17) is 4.42 Å². The van der Waals surface area contributed by atoms with Gasteiger partial charge in [0.15, 0.2) is 17.3 Å². The van der Waals surface area contributed by atoms with E-state index >= 15 is 0 Å². The molecule has 106 valence electrons. The van der Waals surface area contributed by atoms with Crippen molar-refractivity contribution in [3.63, 3.8) is 0 Å². The van der Waals surface area contributed by atoms with Crippen LogP contribution in [0.1, 0.15) is 26.6 Å². The third-order valence-corrected chi connectivity index (χ3v) is 3.06. The highest BCUT2D eigenvalue weighted by Gasteiger charge is 2.23. The lowest BCUT2D eigenvalue weighted by atomic mass is 10.2. The van der Waals surface area contributed by atoms with Gasteiger partial charge in [-0.25, -0.2) is 14.6 Å². The van der Waals surface area contributed by atoms with E-state index in [0.717, 1.165) is 0 Å². The van der Waals surface area contributed by atoms with Crippen molar-refractivity contribution < 1.29 is 24.2 Å². The maximum Gasteiger partial charge on any atom is 0.356 e. The first-order valence-corrected chi connectivity index (χ1v) is 6.03. The topological polar surface area (TPSA) is 105 Å². The normalized spacial score (nSPS) is 10.9. The molecule has 0 radical (unpaired) electrons. The minimum absolute atomic E-state index is 0.0292. The van der Waals surface area contributed by atoms with E-state index in [2.05, 4.69) is 4.98 Å². The maximum absolute atomic E-state index is 11.3. The largest absolute Gasteiger partial charge is 0.478 e. The van der Waals surface area contributed by atoms with Crippen LogP contribution in [0.25, 0.3) is 17.1 Å². The molecule has 3 heterocycles. The third-order valence-electron chi connectivity index (χ3n) is 3.06. The second-order valence-electron chi connectivity index (χ2n) is 4.45. The molecule has 2 N–H and O–H groups in total. The minimum atomic E-state index is -1.30. The second kappa shape index (κ2) is 4.48. The molecule has 3 rings (SSSR count). The number of imidazole rings is 1. The van der Waals surface area contributed by atoms with Crippen LogP contribution >= 0.6 is 0 Å². The number of pyridine rings is 1. The summed E-state index contributed by atoms with van der Waals surface area (Å²) >= 11 is 0. The number of rotatable bonds is 3. The van der Waals surface area contributed by atoms with Crippen LogP contribution in [0.2, 0.25) is 0 Å². The Kier molecular flexibility index (Phi) is 2.76. The molecule has 7 nitrogen and oxygen atoms in total. The second-order valence-corrected chi connectivity index (χ2v) is 4.45. The molecule has 0 bridgehead atoms. The summed E-state index contributed by atoms with van der Waals surface area (Å²) in [5.41, 5.74) is -0.421. The molecule has 0 aromatic carbocycles. The third kappa shape index (κ3) is 1.95. The Hall–Kier alpha value is -3.09. The van der Waals surface area contributed by atoms with Gasteiger partial charge in [-0.15, -0.1) is 0 Å². The summed E-state index contributed by atoms with van der Waals surface area (Å²) in [7, 11) is 0. The monoisotopic (exact) mass is 286 g/mol. The van der Waals surface area contributed by atoms with Gasteiger partial charge in [-0.05, 0) is 31.2 Å². The number of carboxylic acid groups (broad SMARTS) is 2. The van der Waals surface area contributed by atoms with E-state index in [1.54, 1.807) is 25.3 Å². The Morgan fingerprint density at radius 1 is 1.19 bits per heavy atom. The highest BCUT2D eigenvalue weighted by Crippen LogP contribution is 2.26. The number of hydrogen-bond acceptors (Lipinski definition) is 4. The molecular formula is C14H10N2O5. The molecule has 7 heteroatoms. The van der Waals surface area contributed by atoms with Crippen LogP contribution in [0, 0.1) is 6.92 Å². The lowest BCUT2D eigenvalue weighted by molar-refractivity contribution is 0.0691. The number of aromatic carboxylic acids is 2. The van der Waals surface area contributed by atoms with Crippen LogP contribution in [-0.2, 0) is 0 Å². The zero-order chi connectivity index (χ0) is 15.1.